The zero-order valence-corrected chi connectivity index (χ0v) is 10.1. The quantitative estimate of drug-likeness (QED) is 0.658. The molecule has 0 bridgehead atoms. The van der Waals surface area contributed by atoms with E-state index >= 15 is 0 Å². The molecule has 2 N–H and O–H groups in total. The van der Waals surface area contributed by atoms with E-state index in [4.69, 9.17) is 17.3 Å². The fraction of sp³-hybridized carbons (Fsp3) is 0.0833. The van der Waals surface area contributed by atoms with E-state index in [-0.39, 0.29) is 18.4 Å². The number of para-hydroxylation sites is 1. The Bertz CT molecular complexity index is 511. The standard InChI is InChI=1S/C12H11ClN2.ClH/c1-2-10(14)9-7-8-5-3-4-6-11(8)15-12(9)13;/h2-7,10H,1,14H2;1H/t10-;/m0./s1. The second kappa shape index (κ2) is 5.30. The molecule has 0 aliphatic heterocycles. The maximum atomic E-state index is 6.04. The third-order valence-electron chi connectivity index (χ3n) is 2.32. The van der Waals surface area contributed by atoms with Gasteiger partial charge in [-0.2, -0.15) is 0 Å². The lowest BCUT2D eigenvalue weighted by molar-refractivity contribution is 0.909. The van der Waals surface area contributed by atoms with E-state index in [0.717, 1.165) is 16.5 Å². The molecule has 2 nitrogen and oxygen atoms in total. The molecule has 0 amide bonds. The molecular weight excluding hydrogens is 243 g/mol. The van der Waals surface area contributed by atoms with Crippen molar-refractivity contribution >= 4 is 34.9 Å². The number of benzene rings is 1. The van der Waals surface area contributed by atoms with Crippen LogP contribution in [0.3, 0.4) is 0 Å². The van der Waals surface area contributed by atoms with Crippen LogP contribution in [0.25, 0.3) is 10.9 Å². The van der Waals surface area contributed by atoms with Crippen molar-refractivity contribution in [1.29, 1.82) is 0 Å². The van der Waals surface area contributed by atoms with Crippen LogP contribution in [-0.2, 0) is 0 Å². The summed E-state index contributed by atoms with van der Waals surface area (Å²) in [6.45, 7) is 3.65. The van der Waals surface area contributed by atoms with E-state index in [0.29, 0.717) is 5.15 Å². The van der Waals surface area contributed by atoms with Gasteiger partial charge in [0, 0.05) is 10.9 Å². The molecule has 0 fully saturated rings. The number of hydrogen-bond acceptors (Lipinski definition) is 2. The Morgan fingerprint density at radius 2 is 2.06 bits per heavy atom. The Hall–Kier alpha value is -1.09. The average molecular weight is 255 g/mol. The molecule has 1 aromatic heterocycles. The molecule has 1 aromatic carbocycles. The summed E-state index contributed by atoms with van der Waals surface area (Å²) in [5.41, 5.74) is 7.53. The van der Waals surface area contributed by atoms with E-state index in [1.54, 1.807) is 6.08 Å². The fourth-order valence-electron chi connectivity index (χ4n) is 1.47. The van der Waals surface area contributed by atoms with Crippen molar-refractivity contribution in [2.75, 3.05) is 0 Å². The maximum Gasteiger partial charge on any atom is 0.134 e. The largest absolute Gasteiger partial charge is 0.321 e. The summed E-state index contributed by atoms with van der Waals surface area (Å²) in [7, 11) is 0. The Morgan fingerprint density at radius 3 is 2.75 bits per heavy atom. The van der Waals surface area contributed by atoms with Crippen molar-refractivity contribution in [1.82, 2.24) is 4.98 Å². The number of nitrogens with two attached hydrogens (primary N) is 1. The summed E-state index contributed by atoms with van der Waals surface area (Å²) in [4.78, 5) is 4.28. The summed E-state index contributed by atoms with van der Waals surface area (Å²) in [6.07, 6.45) is 1.65. The lowest BCUT2D eigenvalue weighted by Crippen LogP contribution is -2.07. The number of rotatable bonds is 2. The Labute approximate surface area is 106 Å². The molecule has 0 aliphatic carbocycles. The number of nitrogens with zero attached hydrogens (tertiary/aromatic N) is 1. The van der Waals surface area contributed by atoms with E-state index in [1.807, 2.05) is 30.3 Å². The molecule has 0 saturated heterocycles. The summed E-state index contributed by atoms with van der Waals surface area (Å²) < 4.78 is 0. The normalized spacial score (nSPS) is 11.9. The second-order valence-corrected chi connectivity index (χ2v) is 3.68. The minimum Gasteiger partial charge on any atom is -0.321 e. The van der Waals surface area contributed by atoms with Crippen LogP contribution < -0.4 is 5.73 Å². The van der Waals surface area contributed by atoms with Crippen molar-refractivity contribution in [2.45, 2.75) is 6.04 Å². The average Bonchev–Trinajstić information content (AvgIpc) is 2.27. The van der Waals surface area contributed by atoms with Gasteiger partial charge in [0.1, 0.15) is 5.15 Å². The molecule has 0 spiro atoms. The second-order valence-electron chi connectivity index (χ2n) is 3.32. The first-order valence-electron chi connectivity index (χ1n) is 4.65. The van der Waals surface area contributed by atoms with E-state index in [2.05, 4.69) is 11.6 Å². The Morgan fingerprint density at radius 1 is 1.38 bits per heavy atom. The van der Waals surface area contributed by atoms with Crippen molar-refractivity contribution < 1.29 is 0 Å². The number of hydrogen-bond donors (Lipinski definition) is 1. The van der Waals surface area contributed by atoms with Gasteiger partial charge in [0.2, 0.25) is 0 Å². The molecule has 2 rings (SSSR count). The van der Waals surface area contributed by atoms with Crippen LogP contribution in [0.15, 0.2) is 43.0 Å². The van der Waals surface area contributed by atoms with E-state index in [1.165, 1.54) is 0 Å². The van der Waals surface area contributed by atoms with Crippen molar-refractivity contribution in [3.05, 3.63) is 53.7 Å². The van der Waals surface area contributed by atoms with E-state index in [9.17, 15) is 0 Å². The fourth-order valence-corrected chi connectivity index (χ4v) is 1.74. The van der Waals surface area contributed by atoms with Crippen LogP contribution >= 0.6 is 24.0 Å². The zero-order chi connectivity index (χ0) is 10.8. The highest BCUT2D eigenvalue weighted by Gasteiger charge is 2.09. The first kappa shape index (κ1) is 13.0. The smallest absolute Gasteiger partial charge is 0.134 e. The van der Waals surface area contributed by atoms with Crippen LogP contribution in [-0.4, -0.2) is 4.98 Å². The van der Waals surface area contributed by atoms with Gasteiger partial charge in [0.15, 0.2) is 0 Å². The molecule has 1 atom stereocenters. The van der Waals surface area contributed by atoms with Crippen molar-refractivity contribution in [2.24, 2.45) is 5.73 Å². The number of halogens is 2. The third kappa shape index (κ3) is 2.35. The third-order valence-corrected chi connectivity index (χ3v) is 2.62. The predicted octanol–water partition coefficient (Wildman–Crippen LogP) is 3.50. The molecule has 2 aromatic rings. The number of fused-ring (bicyclic) bond motifs is 1. The zero-order valence-electron chi connectivity index (χ0n) is 8.56. The summed E-state index contributed by atoms with van der Waals surface area (Å²) >= 11 is 6.04. The van der Waals surface area contributed by atoms with Gasteiger partial charge >= 0.3 is 0 Å². The van der Waals surface area contributed by atoms with Gasteiger partial charge < -0.3 is 5.73 Å². The maximum absolute atomic E-state index is 6.04. The van der Waals surface area contributed by atoms with E-state index < -0.39 is 0 Å². The molecule has 0 radical (unpaired) electrons. The molecule has 0 unspecified atom stereocenters. The lowest BCUT2D eigenvalue weighted by atomic mass is 10.1. The molecule has 0 aliphatic rings. The van der Waals surface area contributed by atoms with Crippen LogP contribution in [0.5, 0.6) is 0 Å². The van der Waals surface area contributed by atoms with Crippen LogP contribution in [0.1, 0.15) is 11.6 Å². The minimum atomic E-state index is -0.269. The SMILES string of the molecule is C=C[C@H](N)c1cc2ccccc2nc1Cl.Cl. The van der Waals surface area contributed by atoms with Crippen LogP contribution in [0, 0.1) is 0 Å². The highest BCUT2D eigenvalue weighted by Crippen LogP contribution is 2.24. The van der Waals surface area contributed by atoms with Crippen LogP contribution in [0.2, 0.25) is 5.15 Å². The minimum absolute atomic E-state index is 0. The van der Waals surface area contributed by atoms with Gasteiger partial charge in [-0.15, -0.1) is 19.0 Å². The molecule has 84 valence electrons. The Balaban J connectivity index is 0.00000128. The number of aromatic nitrogens is 1. The Kier molecular flexibility index (Phi) is 4.30. The molecular formula is C12H12Cl2N2. The summed E-state index contributed by atoms with van der Waals surface area (Å²) in [5.74, 6) is 0. The predicted molar refractivity (Wildman–Crippen MR) is 71.1 cm³/mol. The van der Waals surface area contributed by atoms with Gasteiger partial charge in [-0.1, -0.05) is 35.9 Å². The van der Waals surface area contributed by atoms with Gasteiger partial charge in [0.25, 0.3) is 0 Å². The van der Waals surface area contributed by atoms with Crippen molar-refractivity contribution in [3.8, 4) is 0 Å². The topological polar surface area (TPSA) is 38.9 Å². The highest BCUT2D eigenvalue weighted by atomic mass is 35.5. The summed E-state index contributed by atoms with van der Waals surface area (Å²) in [5, 5.41) is 1.48. The van der Waals surface area contributed by atoms with Gasteiger partial charge in [-0.3, -0.25) is 0 Å². The van der Waals surface area contributed by atoms with Gasteiger partial charge in [-0.25, -0.2) is 4.98 Å². The van der Waals surface area contributed by atoms with Crippen molar-refractivity contribution in [3.63, 3.8) is 0 Å². The number of pyridine rings is 1. The monoisotopic (exact) mass is 254 g/mol. The first-order chi connectivity index (χ1) is 7.22. The highest BCUT2D eigenvalue weighted by molar-refractivity contribution is 6.30. The van der Waals surface area contributed by atoms with Gasteiger partial charge in [-0.05, 0) is 12.1 Å². The summed E-state index contributed by atoms with van der Waals surface area (Å²) in [6, 6.07) is 9.48. The van der Waals surface area contributed by atoms with Crippen LogP contribution in [0.4, 0.5) is 0 Å². The molecule has 4 heteroatoms. The molecule has 0 saturated carbocycles. The lowest BCUT2D eigenvalue weighted by Gasteiger charge is -2.09. The molecule has 16 heavy (non-hydrogen) atoms. The first-order valence-corrected chi connectivity index (χ1v) is 5.03. The molecule has 1 heterocycles. The van der Waals surface area contributed by atoms with Gasteiger partial charge in [0.05, 0.1) is 11.6 Å².